The van der Waals surface area contributed by atoms with Crippen molar-refractivity contribution in [2.75, 3.05) is 12.3 Å². The van der Waals surface area contributed by atoms with E-state index < -0.39 is 18.2 Å². The zero-order valence-corrected chi connectivity index (χ0v) is 11.2. The van der Waals surface area contributed by atoms with E-state index in [1.807, 2.05) is 0 Å². The first kappa shape index (κ1) is 13.7. The van der Waals surface area contributed by atoms with Crippen LogP contribution in [0.15, 0.2) is 30.8 Å². The van der Waals surface area contributed by atoms with Gasteiger partial charge in [-0.1, -0.05) is 18.7 Å². The maximum Gasteiger partial charge on any atom is 0.146 e. The minimum absolute atomic E-state index is 0.306. The van der Waals surface area contributed by atoms with Gasteiger partial charge < -0.3 is 25.6 Å². The number of aliphatic hydroxyl groups excluding tert-OH is 3. The van der Waals surface area contributed by atoms with Gasteiger partial charge in [0.15, 0.2) is 0 Å². The Bertz CT molecular complexity index is 737. The Labute approximate surface area is 120 Å². The van der Waals surface area contributed by atoms with Gasteiger partial charge in [-0.05, 0) is 5.57 Å². The molecule has 0 spiro atoms. The van der Waals surface area contributed by atoms with Gasteiger partial charge in [-0.3, -0.25) is 0 Å². The minimum atomic E-state index is -1.09. The fourth-order valence-electron chi connectivity index (χ4n) is 2.73. The fourth-order valence-corrected chi connectivity index (χ4v) is 2.73. The van der Waals surface area contributed by atoms with E-state index in [9.17, 15) is 15.3 Å². The highest BCUT2D eigenvalue weighted by atomic mass is 16.3. The molecule has 2 aromatic heterocycles. The van der Waals surface area contributed by atoms with Crippen LogP contribution < -0.4 is 5.73 Å². The molecule has 1 aliphatic rings. The van der Waals surface area contributed by atoms with Crippen molar-refractivity contribution in [2.45, 2.75) is 18.2 Å². The van der Waals surface area contributed by atoms with Crippen LogP contribution in [0.4, 0.5) is 5.82 Å². The fraction of sp³-hybridized carbons (Fsp3) is 0.286. The largest absolute Gasteiger partial charge is 0.392 e. The third-order valence-corrected chi connectivity index (χ3v) is 3.83. The van der Waals surface area contributed by atoms with Crippen LogP contribution in [0.25, 0.3) is 17.1 Å². The predicted octanol–water partition coefficient (Wildman–Crippen LogP) is -0.148. The molecular formula is C14H16N4O3. The quantitative estimate of drug-likeness (QED) is 0.584. The highest BCUT2D eigenvalue weighted by molar-refractivity contribution is 5.94. The molecule has 3 rings (SSSR count). The van der Waals surface area contributed by atoms with Crippen molar-refractivity contribution in [1.82, 2.24) is 14.5 Å². The molecule has 110 valence electrons. The van der Waals surface area contributed by atoms with E-state index in [2.05, 4.69) is 16.5 Å². The average molecular weight is 288 g/mol. The molecular weight excluding hydrogens is 272 g/mol. The highest BCUT2D eigenvalue weighted by Crippen LogP contribution is 2.34. The van der Waals surface area contributed by atoms with E-state index >= 15 is 0 Å². The van der Waals surface area contributed by atoms with Gasteiger partial charge in [-0.15, -0.1) is 0 Å². The normalized spacial score (nSPS) is 25.3. The third kappa shape index (κ3) is 1.94. The maximum absolute atomic E-state index is 10.2. The number of hydrogen-bond acceptors (Lipinski definition) is 6. The number of nitrogens with zero attached hydrogens (tertiary/aromatic N) is 3. The number of aromatic nitrogens is 3. The lowest BCUT2D eigenvalue weighted by Gasteiger charge is -2.19. The molecule has 0 saturated heterocycles. The lowest BCUT2D eigenvalue weighted by molar-refractivity contribution is 0.0288. The zero-order chi connectivity index (χ0) is 15.1. The number of nitrogens with two attached hydrogens (primary N) is 1. The summed E-state index contributed by atoms with van der Waals surface area (Å²) >= 11 is 0. The van der Waals surface area contributed by atoms with Crippen molar-refractivity contribution in [1.29, 1.82) is 0 Å². The van der Waals surface area contributed by atoms with E-state index in [1.54, 1.807) is 22.9 Å². The van der Waals surface area contributed by atoms with Gasteiger partial charge in [0.25, 0.3) is 0 Å². The number of fused-ring (bicyclic) bond motifs is 1. The van der Waals surface area contributed by atoms with Crippen molar-refractivity contribution < 1.29 is 15.3 Å². The Hall–Kier alpha value is -2.22. The molecule has 1 aliphatic carbocycles. The van der Waals surface area contributed by atoms with E-state index in [0.29, 0.717) is 22.4 Å². The van der Waals surface area contributed by atoms with E-state index in [-0.39, 0.29) is 6.61 Å². The molecule has 5 N–H and O–H groups in total. The van der Waals surface area contributed by atoms with Gasteiger partial charge in [0, 0.05) is 11.8 Å². The van der Waals surface area contributed by atoms with Crippen molar-refractivity contribution in [3.63, 3.8) is 0 Å². The first-order chi connectivity index (χ1) is 10.1. The van der Waals surface area contributed by atoms with Gasteiger partial charge in [0.1, 0.15) is 30.0 Å². The summed E-state index contributed by atoms with van der Waals surface area (Å²) < 4.78 is 1.71. The van der Waals surface area contributed by atoms with Gasteiger partial charge in [-0.25, -0.2) is 9.97 Å². The predicted molar refractivity (Wildman–Crippen MR) is 78.3 cm³/mol. The van der Waals surface area contributed by atoms with Crippen LogP contribution in [0.5, 0.6) is 0 Å². The monoisotopic (exact) mass is 288 g/mol. The second kappa shape index (κ2) is 4.96. The van der Waals surface area contributed by atoms with Crippen molar-refractivity contribution >= 4 is 22.9 Å². The highest BCUT2D eigenvalue weighted by Gasteiger charge is 2.36. The Kier molecular flexibility index (Phi) is 3.25. The summed E-state index contributed by atoms with van der Waals surface area (Å²) in [6, 6.07) is -0.535. The average Bonchev–Trinajstić information content (AvgIpc) is 2.99. The first-order valence-corrected chi connectivity index (χ1v) is 6.49. The molecule has 2 heterocycles. The molecule has 1 unspecified atom stereocenters. The molecule has 7 heteroatoms. The summed E-state index contributed by atoms with van der Waals surface area (Å²) in [4.78, 5) is 8.16. The van der Waals surface area contributed by atoms with E-state index in [4.69, 9.17) is 5.73 Å². The van der Waals surface area contributed by atoms with Gasteiger partial charge >= 0.3 is 0 Å². The van der Waals surface area contributed by atoms with Crippen LogP contribution >= 0.6 is 0 Å². The van der Waals surface area contributed by atoms with Crippen LogP contribution in [0.3, 0.4) is 0 Å². The van der Waals surface area contributed by atoms with Gasteiger partial charge in [-0.2, -0.15) is 0 Å². The smallest absolute Gasteiger partial charge is 0.146 e. The Morgan fingerprint density at radius 3 is 2.76 bits per heavy atom. The van der Waals surface area contributed by atoms with E-state index in [0.717, 1.165) is 5.56 Å². The molecule has 0 aromatic carbocycles. The summed E-state index contributed by atoms with van der Waals surface area (Å²) in [6.45, 7) is 3.43. The van der Waals surface area contributed by atoms with E-state index in [1.165, 1.54) is 6.33 Å². The maximum atomic E-state index is 10.2. The molecule has 7 nitrogen and oxygen atoms in total. The molecule has 0 fully saturated rings. The van der Waals surface area contributed by atoms with Crippen LogP contribution in [-0.4, -0.2) is 48.7 Å². The van der Waals surface area contributed by atoms with Crippen LogP contribution in [-0.2, 0) is 0 Å². The Balaban J connectivity index is 2.20. The Morgan fingerprint density at radius 2 is 2.14 bits per heavy atom. The molecule has 3 atom stereocenters. The summed E-state index contributed by atoms with van der Waals surface area (Å²) in [6.07, 6.45) is 4.21. The summed E-state index contributed by atoms with van der Waals surface area (Å²) in [5.41, 5.74) is 7.56. The zero-order valence-electron chi connectivity index (χ0n) is 11.2. The molecule has 0 saturated carbocycles. The van der Waals surface area contributed by atoms with Crippen molar-refractivity contribution in [3.05, 3.63) is 36.3 Å². The summed E-state index contributed by atoms with van der Waals surface area (Å²) in [7, 11) is 0. The van der Waals surface area contributed by atoms with Crippen molar-refractivity contribution in [3.8, 4) is 0 Å². The second-order valence-corrected chi connectivity index (χ2v) is 4.98. The SMILES string of the molecule is C=Cc1cn([C@@H]2C=C(CO)[C@H](O)C2O)c2ncnc(N)c12. The van der Waals surface area contributed by atoms with Gasteiger partial charge in [0.2, 0.25) is 0 Å². The third-order valence-electron chi connectivity index (χ3n) is 3.83. The minimum Gasteiger partial charge on any atom is -0.392 e. The summed E-state index contributed by atoms with van der Waals surface area (Å²) in [5, 5.41) is 30.0. The Morgan fingerprint density at radius 1 is 1.38 bits per heavy atom. The lowest BCUT2D eigenvalue weighted by Crippen LogP contribution is -2.30. The lowest BCUT2D eigenvalue weighted by atomic mass is 10.1. The molecule has 0 aliphatic heterocycles. The van der Waals surface area contributed by atoms with Crippen molar-refractivity contribution in [2.24, 2.45) is 0 Å². The van der Waals surface area contributed by atoms with Crippen LogP contribution in [0.1, 0.15) is 11.6 Å². The standard InChI is InChI=1S/C14H16N4O3/c1-2-7-4-18(14-10(7)13(15)16-6-17-14)9-3-8(5-19)11(20)12(9)21/h2-4,6,9,11-12,19-21H,1,5H2,(H2,15,16,17)/t9-,11+,12?/m1/s1. The molecule has 2 aromatic rings. The molecule has 0 amide bonds. The van der Waals surface area contributed by atoms with Crippen LogP contribution in [0, 0.1) is 0 Å². The van der Waals surface area contributed by atoms with Gasteiger partial charge in [0.05, 0.1) is 18.0 Å². The number of anilines is 1. The molecule has 0 bridgehead atoms. The number of aliphatic hydroxyl groups is 3. The number of hydrogen-bond donors (Lipinski definition) is 4. The first-order valence-electron chi connectivity index (χ1n) is 6.49. The molecule has 0 radical (unpaired) electrons. The number of nitrogen functional groups attached to an aromatic ring is 1. The summed E-state index contributed by atoms with van der Waals surface area (Å²) in [5.74, 6) is 0.327. The number of rotatable bonds is 3. The topological polar surface area (TPSA) is 117 Å². The molecule has 21 heavy (non-hydrogen) atoms. The second-order valence-electron chi connectivity index (χ2n) is 4.98. The van der Waals surface area contributed by atoms with Crippen LogP contribution in [0.2, 0.25) is 0 Å².